The molecule has 0 saturated heterocycles. The average molecular weight is 305 g/mol. The van der Waals surface area contributed by atoms with Crippen molar-refractivity contribution < 1.29 is 0 Å². The Kier molecular flexibility index (Phi) is 8.46. The number of aliphatic imine (C=N–C) groups is 2. The van der Waals surface area contributed by atoms with E-state index in [1.807, 2.05) is 68.6 Å². The third kappa shape index (κ3) is 6.57. The smallest absolute Gasteiger partial charge is 0.131 e. The molecule has 0 spiro atoms. The largest absolute Gasteiger partial charge is 0.325 e. The van der Waals surface area contributed by atoms with Gasteiger partial charge in [-0.15, -0.1) is 0 Å². The topological polar surface area (TPSA) is 40.5 Å². The standard InChI is InChI=1S/C18H17N3.C2H6/c1-3-8-15(4-2)13-19-17-11-12-18(21-17)20-14-16-9-6-5-7-10-16;1-2/h3-14,21H,1-2H2;1-2H3/b15-8+,19-13+,20-14+;. The molecule has 3 nitrogen and oxygen atoms in total. The molecule has 118 valence electrons. The van der Waals surface area contributed by atoms with Crippen LogP contribution in [0.15, 0.2) is 89.4 Å². The minimum atomic E-state index is 0.743. The Morgan fingerprint density at radius 3 is 2.22 bits per heavy atom. The SMILES string of the molecule is C=C/C=C(C=C)/C=N/c1ccc(/N=C/c2ccccc2)[nH]1.CC. The van der Waals surface area contributed by atoms with Gasteiger partial charge in [0.25, 0.3) is 0 Å². The quantitative estimate of drug-likeness (QED) is 0.518. The first-order valence-electron chi connectivity index (χ1n) is 7.59. The van der Waals surface area contributed by atoms with Gasteiger partial charge in [0.2, 0.25) is 0 Å². The molecule has 0 aliphatic carbocycles. The highest BCUT2D eigenvalue weighted by Gasteiger charge is 1.94. The molecule has 0 radical (unpaired) electrons. The van der Waals surface area contributed by atoms with E-state index in [0.29, 0.717) is 0 Å². The Balaban J connectivity index is 0.00000127. The van der Waals surface area contributed by atoms with Gasteiger partial charge >= 0.3 is 0 Å². The summed E-state index contributed by atoms with van der Waals surface area (Å²) in [5, 5.41) is 0. The Bertz CT molecular complexity index is 689. The molecule has 2 rings (SSSR count). The lowest BCUT2D eigenvalue weighted by Gasteiger charge is -1.91. The zero-order chi connectivity index (χ0) is 16.9. The molecule has 1 aromatic heterocycles. The highest BCUT2D eigenvalue weighted by Crippen LogP contribution is 2.17. The van der Waals surface area contributed by atoms with Crippen molar-refractivity contribution >= 4 is 24.1 Å². The molecule has 2 aromatic rings. The highest BCUT2D eigenvalue weighted by molar-refractivity contribution is 5.84. The van der Waals surface area contributed by atoms with Crippen molar-refractivity contribution in [2.24, 2.45) is 9.98 Å². The van der Waals surface area contributed by atoms with Gasteiger partial charge in [-0.3, -0.25) is 0 Å². The number of rotatable bonds is 6. The van der Waals surface area contributed by atoms with Gasteiger partial charge in [0.05, 0.1) is 0 Å². The maximum atomic E-state index is 4.38. The summed E-state index contributed by atoms with van der Waals surface area (Å²) in [6.45, 7) is 11.4. The predicted octanol–water partition coefficient (Wildman–Crippen LogP) is 5.79. The summed E-state index contributed by atoms with van der Waals surface area (Å²) in [4.78, 5) is 11.8. The van der Waals surface area contributed by atoms with Crippen LogP contribution in [0.25, 0.3) is 0 Å². The molecule has 1 N–H and O–H groups in total. The first kappa shape index (κ1) is 18.1. The number of benzene rings is 1. The predicted molar refractivity (Wildman–Crippen MR) is 102 cm³/mol. The van der Waals surface area contributed by atoms with E-state index in [1.165, 1.54) is 0 Å². The zero-order valence-corrected chi connectivity index (χ0v) is 13.7. The van der Waals surface area contributed by atoms with Crippen molar-refractivity contribution in [1.82, 2.24) is 4.98 Å². The number of aromatic nitrogens is 1. The van der Waals surface area contributed by atoms with Gasteiger partial charge in [-0.2, -0.15) is 0 Å². The van der Waals surface area contributed by atoms with Crippen molar-refractivity contribution in [2.45, 2.75) is 13.8 Å². The molecule has 0 fully saturated rings. The zero-order valence-electron chi connectivity index (χ0n) is 13.7. The molecule has 1 heterocycles. The first-order chi connectivity index (χ1) is 11.3. The van der Waals surface area contributed by atoms with Gasteiger partial charge in [0.15, 0.2) is 0 Å². The van der Waals surface area contributed by atoms with E-state index in [9.17, 15) is 0 Å². The number of nitrogens with one attached hydrogen (secondary N) is 1. The average Bonchev–Trinajstić information content (AvgIpc) is 3.07. The van der Waals surface area contributed by atoms with Gasteiger partial charge in [0, 0.05) is 12.4 Å². The summed E-state index contributed by atoms with van der Waals surface area (Å²) >= 11 is 0. The lowest BCUT2D eigenvalue weighted by Crippen LogP contribution is -1.78. The van der Waals surface area contributed by atoms with Crippen molar-refractivity contribution in [1.29, 1.82) is 0 Å². The van der Waals surface area contributed by atoms with Crippen LogP contribution in [-0.2, 0) is 0 Å². The number of H-pyrrole nitrogens is 1. The fourth-order valence-electron chi connectivity index (χ4n) is 1.65. The van der Waals surface area contributed by atoms with Gasteiger partial charge in [-0.05, 0) is 23.3 Å². The second-order valence-corrected chi connectivity index (χ2v) is 4.26. The molecule has 3 heteroatoms. The number of allylic oxidation sites excluding steroid dienone is 4. The molecule has 0 aliphatic heterocycles. The number of nitrogens with zero attached hydrogens (tertiary/aromatic N) is 2. The summed E-state index contributed by atoms with van der Waals surface area (Å²) in [7, 11) is 0. The van der Waals surface area contributed by atoms with E-state index >= 15 is 0 Å². The van der Waals surface area contributed by atoms with E-state index < -0.39 is 0 Å². The van der Waals surface area contributed by atoms with E-state index in [4.69, 9.17) is 0 Å². The number of hydrogen-bond acceptors (Lipinski definition) is 2. The molecule has 23 heavy (non-hydrogen) atoms. The van der Waals surface area contributed by atoms with Crippen LogP contribution in [0.3, 0.4) is 0 Å². The van der Waals surface area contributed by atoms with Gasteiger partial charge in [-0.1, -0.05) is 75.6 Å². The molecule has 0 bridgehead atoms. The first-order valence-corrected chi connectivity index (χ1v) is 7.59. The Morgan fingerprint density at radius 2 is 1.61 bits per heavy atom. The lowest BCUT2D eigenvalue weighted by atomic mass is 10.2. The molecule has 0 aliphatic rings. The van der Waals surface area contributed by atoms with Crippen molar-refractivity contribution in [3.8, 4) is 0 Å². The van der Waals surface area contributed by atoms with E-state index in [1.54, 1.807) is 18.4 Å². The fourth-order valence-corrected chi connectivity index (χ4v) is 1.65. The normalized spacial score (nSPS) is 11.3. The van der Waals surface area contributed by atoms with E-state index in [-0.39, 0.29) is 0 Å². The molecule has 0 saturated carbocycles. The molecule has 0 atom stereocenters. The van der Waals surface area contributed by atoms with E-state index in [0.717, 1.165) is 22.8 Å². The highest BCUT2D eigenvalue weighted by atomic mass is 15.0. The number of aromatic amines is 1. The monoisotopic (exact) mass is 305 g/mol. The van der Waals surface area contributed by atoms with Crippen LogP contribution in [0.5, 0.6) is 0 Å². The van der Waals surface area contributed by atoms with Gasteiger partial charge in [0.1, 0.15) is 11.6 Å². The second kappa shape index (κ2) is 10.7. The van der Waals surface area contributed by atoms with Crippen LogP contribution < -0.4 is 0 Å². The summed E-state index contributed by atoms with van der Waals surface area (Å²) in [6.07, 6.45) is 8.81. The van der Waals surface area contributed by atoms with Crippen LogP contribution in [0.1, 0.15) is 19.4 Å². The molecular formula is C20H23N3. The molecule has 1 aromatic carbocycles. The maximum Gasteiger partial charge on any atom is 0.131 e. The number of hydrogen-bond donors (Lipinski definition) is 1. The van der Waals surface area contributed by atoms with Crippen LogP contribution in [0.2, 0.25) is 0 Å². The van der Waals surface area contributed by atoms with Crippen LogP contribution in [0, 0.1) is 0 Å². The molecule has 0 amide bonds. The Hall–Kier alpha value is -2.94. The van der Waals surface area contributed by atoms with Crippen LogP contribution in [-0.4, -0.2) is 17.4 Å². The summed E-state index contributed by atoms with van der Waals surface area (Å²) in [6, 6.07) is 13.7. The summed E-state index contributed by atoms with van der Waals surface area (Å²) < 4.78 is 0. The second-order valence-electron chi connectivity index (χ2n) is 4.26. The van der Waals surface area contributed by atoms with Crippen molar-refractivity contribution in [3.63, 3.8) is 0 Å². The molecule has 0 unspecified atom stereocenters. The lowest BCUT2D eigenvalue weighted by molar-refractivity contribution is 1.31. The van der Waals surface area contributed by atoms with Crippen LogP contribution in [0.4, 0.5) is 11.6 Å². The van der Waals surface area contributed by atoms with Gasteiger partial charge in [-0.25, -0.2) is 9.98 Å². The van der Waals surface area contributed by atoms with Gasteiger partial charge < -0.3 is 4.98 Å². The summed E-state index contributed by atoms with van der Waals surface area (Å²) in [5.74, 6) is 1.51. The Labute approximate surface area is 138 Å². The van der Waals surface area contributed by atoms with Crippen molar-refractivity contribution in [2.75, 3.05) is 0 Å². The third-order valence-corrected chi connectivity index (χ3v) is 2.71. The van der Waals surface area contributed by atoms with E-state index in [2.05, 4.69) is 28.1 Å². The van der Waals surface area contributed by atoms with Crippen LogP contribution >= 0.6 is 0 Å². The maximum absolute atomic E-state index is 4.38. The fraction of sp³-hybridized carbons (Fsp3) is 0.100. The van der Waals surface area contributed by atoms with Crippen molar-refractivity contribution in [3.05, 3.63) is 85.0 Å². The third-order valence-electron chi connectivity index (χ3n) is 2.71. The summed E-state index contributed by atoms with van der Waals surface area (Å²) in [5.41, 5.74) is 1.95. The Morgan fingerprint density at radius 1 is 0.957 bits per heavy atom. The minimum absolute atomic E-state index is 0.743. The molecular weight excluding hydrogens is 282 g/mol. The minimum Gasteiger partial charge on any atom is -0.325 e.